The highest BCUT2D eigenvalue weighted by atomic mass is 32.1. The third kappa shape index (κ3) is 3.62. The van der Waals surface area contributed by atoms with Gasteiger partial charge in [-0.05, 0) is 42.8 Å². The molecule has 0 atom stereocenters. The molecular weight excluding hydrogens is 352 g/mol. The minimum atomic E-state index is -0.382. The Bertz CT molecular complexity index is 952. The Hall–Kier alpha value is -3.06. The van der Waals surface area contributed by atoms with Crippen molar-refractivity contribution in [3.63, 3.8) is 0 Å². The van der Waals surface area contributed by atoms with Gasteiger partial charge >= 0.3 is 0 Å². The predicted molar refractivity (Wildman–Crippen MR) is 101 cm³/mol. The Morgan fingerprint density at radius 3 is 2.58 bits per heavy atom. The van der Waals surface area contributed by atoms with Crippen LogP contribution in [0.3, 0.4) is 0 Å². The van der Waals surface area contributed by atoms with Gasteiger partial charge in [-0.15, -0.1) is 11.3 Å². The van der Waals surface area contributed by atoms with Crippen LogP contribution in [0.15, 0.2) is 41.8 Å². The first-order valence-corrected chi connectivity index (χ1v) is 8.68. The highest BCUT2D eigenvalue weighted by Gasteiger charge is 2.15. The Morgan fingerprint density at radius 1 is 1.12 bits per heavy atom. The number of nitrogens with zero attached hydrogens (tertiary/aromatic N) is 1. The molecule has 6 nitrogen and oxygen atoms in total. The number of benzene rings is 2. The molecule has 2 aromatic carbocycles. The molecule has 26 heavy (non-hydrogen) atoms. The zero-order chi connectivity index (χ0) is 18.7. The fourth-order valence-electron chi connectivity index (χ4n) is 2.41. The number of carbonyl (C=O) groups is 1. The fraction of sp³-hybridized carbons (Fsp3) is 0.158. The number of amides is 1. The van der Waals surface area contributed by atoms with Gasteiger partial charge in [0.15, 0.2) is 11.5 Å². The van der Waals surface area contributed by atoms with Crippen molar-refractivity contribution >= 4 is 22.9 Å². The summed E-state index contributed by atoms with van der Waals surface area (Å²) >= 11 is 1.35. The average molecular weight is 370 g/mol. The minimum absolute atomic E-state index is 0.0219. The van der Waals surface area contributed by atoms with Crippen LogP contribution in [0, 0.1) is 6.92 Å². The maximum Gasteiger partial charge on any atom is 0.275 e. The molecule has 0 fully saturated rings. The van der Waals surface area contributed by atoms with E-state index in [1.807, 2.05) is 25.1 Å². The van der Waals surface area contributed by atoms with E-state index < -0.39 is 0 Å². The lowest BCUT2D eigenvalue weighted by atomic mass is 10.2. The van der Waals surface area contributed by atoms with Gasteiger partial charge in [0.05, 0.1) is 19.9 Å². The number of hydrogen-bond donors (Lipinski definition) is 2. The van der Waals surface area contributed by atoms with E-state index in [0.717, 1.165) is 11.1 Å². The van der Waals surface area contributed by atoms with Crippen LogP contribution in [0.2, 0.25) is 0 Å². The van der Waals surface area contributed by atoms with E-state index in [2.05, 4.69) is 10.3 Å². The number of carbonyl (C=O) groups excluding carboxylic acids is 1. The number of thiazole rings is 1. The number of aryl methyl sites for hydroxylation is 1. The molecule has 3 aromatic rings. The summed E-state index contributed by atoms with van der Waals surface area (Å²) < 4.78 is 10.5. The molecule has 1 aromatic heterocycles. The lowest BCUT2D eigenvalue weighted by Crippen LogP contribution is -2.12. The number of ether oxygens (including phenoxy) is 2. The molecule has 1 heterocycles. The van der Waals surface area contributed by atoms with Gasteiger partial charge in [-0.3, -0.25) is 4.79 Å². The maximum absolute atomic E-state index is 12.4. The number of hydrogen-bond acceptors (Lipinski definition) is 6. The van der Waals surface area contributed by atoms with Gasteiger partial charge in [-0.1, -0.05) is 6.07 Å². The summed E-state index contributed by atoms with van der Waals surface area (Å²) in [5.41, 5.74) is 2.36. The number of rotatable bonds is 5. The molecule has 1 amide bonds. The Morgan fingerprint density at radius 2 is 1.88 bits per heavy atom. The average Bonchev–Trinajstić information content (AvgIpc) is 3.13. The van der Waals surface area contributed by atoms with Crippen LogP contribution in [0.25, 0.3) is 10.6 Å². The Balaban J connectivity index is 1.82. The van der Waals surface area contributed by atoms with E-state index in [-0.39, 0.29) is 17.4 Å². The topological polar surface area (TPSA) is 80.7 Å². The molecular formula is C19H18N2O4S. The third-order valence-electron chi connectivity index (χ3n) is 3.77. The number of phenols is 1. The second-order valence-corrected chi connectivity index (χ2v) is 6.44. The van der Waals surface area contributed by atoms with Gasteiger partial charge in [-0.25, -0.2) is 4.98 Å². The van der Waals surface area contributed by atoms with E-state index >= 15 is 0 Å². The monoisotopic (exact) mass is 370 g/mol. The van der Waals surface area contributed by atoms with Crippen LogP contribution in [0.1, 0.15) is 16.1 Å². The smallest absolute Gasteiger partial charge is 0.275 e. The van der Waals surface area contributed by atoms with E-state index in [0.29, 0.717) is 22.2 Å². The van der Waals surface area contributed by atoms with Crippen LogP contribution < -0.4 is 14.8 Å². The first kappa shape index (κ1) is 17.8. The first-order valence-electron chi connectivity index (χ1n) is 7.80. The highest BCUT2D eigenvalue weighted by Crippen LogP contribution is 2.33. The second-order valence-electron chi connectivity index (χ2n) is 5.58. The van der Waals surface area contributed by atoms with E-state index in [9.17, 15) is 9.90 Å². The summed E-state index contributed by atoms with van der Waals surface area (Å²) in [6.07, 6.45) is 0. The van der Waals surface area contributed by atoms with Gasteiger partial charge in [-0.2, -0.15) is 0 Å². The summed E-state index contributed by atoms with van der Waals surface area (Å²) in [5, 5.41) is 14.9. The van der Waals surface area contributed by atoms with Crippen LogP contribution in [-0.4, -0.2) is 30.2 Å². The van der Waals surface area contributed by atoms with Crippen LogP contribution in [-0.2, 0) is 0 Å². The van der Waals surface area contributed by atoms with Crippen molar-refractivity contribution in [3.05, 3.63) is 53.0 Å². The molecule has 0 aliphatic rings. The van der Waals surface area contributed by atoms with Gasteiger partial charge < -0.3 is 19.9 Å². The Labute approximate surface area is 155 Å². The molecule has 2 N–H and O–H groups in total. The SMILES string of the molecule is COc1ccc(-c2nc(C(=O)Nc3ccc(C)cc3O)cs2)cc1OC. The number of anilines is 1. The normalized spacial score (nSPS) is 10.4. The van der Waals surface area contributed by atoms with Crippen molar-refractivity contribution in [1.29, 1.82) is 0 Å². The van der Waals surface area contributed by atoms with E-state index in [1.165, 1.54) is 11.3 Å². The number of phenolic OH excluding ortho intramolecular Hbond substituents is 1. The van der Waals surface area contributed by atoms with E-state index in [1.54, 1.807) is 37.8 Å². The zero-order valence-corrected chi connectivity index (χ0v) is 15.4. The summed E-state index contributed by atoms with van der Waals surface area (Å²) in [5.74, 6) is 0.859. The van der Waals surface area contributed by atoms with Crippen LogP contribution in [0.5, 0.6) is 17.2 Å². The van der Waals surface area contributed by atoms with E-state index in [4.69, 9.17) is 9.47 Å². The first-order chi connectivity index (χ1) is 12.5. The van der Waals surface area contributed by atoms with Gasteiger partial charge in [0.1, 0.15) is 16.5 Å². The van der Waals surface area contributed by atoms with Crippen molar-refractivity contribution in [2.24, 2.45) is 0 Å². The molecule has 0 saturated carbocycles. The van der Waals surface area contributed by atoms with Crippen LogP contribution >= 0.6 is 11.3 Å². The molecule has 0 spiro atoms. The van der Waals surface area contributed by atoms with Crippen molar-refractivity contribution in [1.82, 2.24) is 4.98 Å². The number of methoxy groups -OCH3 is 2. The minimum Gasteiger partial charge on any atom is -0.506 e. The quantitative estimate of drug-likeness (QED) is 0.661. The van der Waals surface area contributed by atoms with Crippen molar-refractivity contribution in [2.45, 2.75) is 6.92 Å². The van der Waals surface area contributed by atoms with Crippen molar-refractivity contribution in [2.75, 3.05) is 19.5 Å². The largest absolute Gasteiger partial charge is 0.506 e. The van der Waals surface area contributed by atoms with Crippen molar-refractivity contribution < 1.29 is 19.4 Å². The zero-order valence-electron chi connectivity index (χ0n) is 14.6. The molecule has 0 bridgehead atoms. The number of aromatic hydroxyl groups is 1. The van der Waals surface area contributed by atoms with Gasteiger partial charge in [0.25, 0.3) is 5.91 Å². The van der Waals surface area contributed by atoms with Crippen molar-refractivity contribution in [3.8, 4) is 27.8 Å². The maximum atomic E-state index is 12.4. The standard InChI is InChI=1S/C19H18N2O4S/c1-11-4-6-13(15(22)8-11)20-18(23)14-10-26-19(21-14)12-5-7-16(24-2)17(9-12)25-3/h4-10,22H,1-3H3,(H,20,23). The predicted octanol–water partition coefficient (Wildman–Crippen LogP) is 4.09. The number of aromatic nitrogens is 1. The summed E-state index contributed by atoms with van der Waals surface area (Å²) in [6.45, 7) is 1.86. The molecule has 0 unspecified atom stereocenters. The Kier molecular flexibility index (Phi) is 5.09. The molecule has 0 aliphatic carbocycles. The number of nitrogens with one attached hydrogen (secondary N) is 1. The lowest BCUT2D eigenvalue weighted by Gasteiger charge is -2.08. The molecule has 134 valence electrons. The van der Waals surface area contributed by atoms with Gasteiger partial charge in [0.2, 0.25) is 0 Å². The third-order valence-corrected chi connectivity index (χ3v) is 4.66. The molecule has 0 saturated heterocycles. The molecule has 0 radical (unpaired) electrons. The molecule has 3 rings (SSSR count). The highest BCUT2D eigenvalue weighted by molar-refractivity contribution is 7.13. The second kappa shape index (κ2) is 7.45. The molecule has 0 aliphatic heterocycles. The van der Waals surface area contributed by atoms with Gasteiger partial charge in [0, 0.05) is 10.9 Å². The fourth-order valence-corrected chi connectivity index (χ4v) is 3.21. The summed E-state index contributed by atoms with van der Waals surface area (Å²) in [6, 6.07) is 10.5. The molecule has 7 heteroatoms. The summed E-state index contributed by atoms with van der Waals surface area (Å²) in [7, 11) is 3.14. The lowest BCUT2D eigenvalue weighted by molar-refractivity contribution is 0.102. The van der Waals surface area contributed by atoms with Crippen LogP contribution in [0.4, 0.5) is 5.69 Å². The summed E-state index contributed by atoms with van der Waals surface area (Å²) in [4.78, 5) is 16.8.